The minimum absolute atomic E-state index is 0.206. The highest BCUT2D eigenvalue weighted by molar-refractivity contribution is 6.31. The van der Waals surface area contributed by atoms with Crippen molar-refractivity contribution in [2.75, 3.05) is 5.32 Å². The van der Waals surface area contributed by atoms with Crippen LogP contribution in [0.3, 0.4) is 0 Å². The zero-order valence-corrected chi connectivity index (χ0v) is 17.0. The number of halogens is 5. The number of amides is 1. The Hall–Kier alpha value is -2.88. The Bertz CT molecular complexity index is 1090. The molecule has 0 aliphatic carbocycles. The van der Waals surface area contributed by atoms with Gasteiger partial charge in [-0.15, -0.1) is 0 Å². The van der Waals surface area contributed by atoms with Crippen LogP contribution in [0.4, 0.5) is 23.4 Å². The lowest BCUT2D eigenvalue weighted by Crippen LogP contribution is -2.26. The Morgan fingerprint density at radius 3 is 2.47 bits per heavy atom. The summed E-state index contributed by atoms with van der Waals surface area (Å²) in [5.74, 6) is -0.798. The molecule has 1 atom stereocenters. The largest absolute Gasteiger partial charge is 0.435 e. The van der Waals surface area contributed by atoms with Gasteiger partial charge in [0.2, 0.25) is 5.91 Å². The van der Waals surface area contributed by atoms with Gasteiger partial charge in [0.15, 0.2) is 11.5 Å². The SMILES string of the molecule is Cc1cc(NC(=O)C(C)n2nc(C(F)(F)F)cc2C)nn1Cc1ccc(F)cc1Cl. The van der Waals surface area contributed by atoms with Crippen molar-refractivity contribution in [2.24, 2.45) is 0 Å². The standard InChI is InChI=1S/C19H18ClF4N5O/c1-10-7-17(27-28(10)9-13-4-5-14(21)8-15(13)20)25-18(30)12(3)29-11(2)6-16(26-29)19(22,23)24/h4-8,12H,9H2,1-3H3,(H,25,27,30). The van der Waals surface area contributed by atoms with Gasteiger partial charge in [-0.25, -0.2) is 4.39 Å². The van der Waals surface area contributed by atoms with Crippen LogP contribution in [-0.2, 0) is 17.5 Å². The minimum atomic E-state index is -4.59. The molecule has 0 radical (unpaired) electrons. The summed E-state index contributed by atoms with van der Waals surface area (Å²) in [4.78, 5) is 12.5. The molecule has 3 aromatic rings. The van der Waals surface area contributed by atoms with Crippen molar-refractivity contribution in [1.29, 1.82) is 0 Å². The van der Waals surface area contributed by atoms with Crippen molar-refractivity contribution >= 4 is 23.3 Å². The first-order chi connectivity index (χ1) is 14.0. The number of nitrogens with one attached hydrogen (secondary N) is 1. The molecule has 2 heterocycles. The van der Waals surface area contributed by atoms with E-state index >= 15 is 0 Å². The second-order valence-electron chi connectivity index (χ2n) is 6.84. The summed E-state index contributed by atoms with van der Waals surface area (Å²) >= 11 is 6.04. The second kappa shape index (κ2) is 8.10. The lowest BCUT2D eigenvalue weighted by Gasteiger charge is -2.13. The van der Waals surface area contributed by atoms with Crippen LogP contribution in [0.5, 0.6) is 0 Å². The summed E-state index contributed by atoms with van der Waals surface area (Å²) in [6.07, 6.45) is -4.59. The molecule has 6 nitrogen and oxygen atoms in total. The summed E-state index contributed by atoms with van der Waals surface area (Å²) in [6, 6.07) is 5.53. The molecule has 1 unspecified atom stereocenters. The number of carbonyl (C=O) groups excluding carboxylic acids is 1. The van der Waals surface area contributed by atoms with E-state index in [9.17, 15) is 22.4 Å². The summed E-state index contributed by atoms with van der Waals surface area (Å²) in [5.41, 5.74) is 0.490. The Kier molecular flexibility index (Phi) is 5.89. The molecule has 160 valence electrons. The third kappa shape index (κ3) is 4.64. The zero-order chi connectivity index (χ0) is 22.2. The topological polar surface area (TPSA) is 64.7 Å². The number of hydrogen-bond donors (Lipinski definition) is 1. The van der Waals surface area contributed by atoms with Crippen molar-refractivity contribution in [3.8, 4) is 0 Å². The number of nitrogens with zero attached hydrogens (tertiary/aromatic N) is 4. The number of alkyl halides is 3. The maximum Gasteiger partial charge on any atom is 0.435 e. The molecule has 0 bridgehead atoms. The van der Waals surface area contributed by atoms with Crippen molar-refractivity contribution in [1.82, 2.24) is 19.6 Å². The molecule has 0 aliphatic rings. The maximum atomic E-state index is 13.2. The fourth-order valence-electron chi connectivity index (χ4n) is 2.90. The van der Waals surface area contributed by atoms with Crippen LogP contribution in [0.1, 0.15) is 35.6 Å². The van der Waals surface area contributed by atoms with Crippen molar-refractivity contribution < 1.29 is 22.4 Å². The van der Waals surface area contributed by atoms with E-state index in [0.717, 1.165) is 10.7 Å². The van der Waals surface area contributed by atoms with Gasteiger partial charge in [0.1, 0.15) is 11.9 Å². The number of aryl methyl sites for hydroxylation is 2. The molecule has 0 spiro atoms. The Morgan fingerprint density at radius 2 is 1.87 bits per heavy atom. The van der Waals surface area contributed by atoms with Crippen molar-refractivity contribution in [2.45, 2.75) is 39.5 Å². The van der Waals surface area contributed by atoms with E-state index in [1.54, 1.807) is 17.7 Å². The summed E-state index contributed by atoms with van der Waals surface area (Å²) in [5, 5.41) is 10.6. The smallest absolute Gasteiger partial charge is 0.307 e. The zero-order valence-electron chi connectivity index (χ0n) is 16.3. The van der Waals surface area contributed by atoms with Crippen LogP contribution in [0.15, 0.2) is 30.3 Å². The van der Waals surface area contributed by atoms with E-state index in [1.807, 2.05) is 0 Å². The molecule has 11 heteroatoms. The van der Waals surface area contributed by atoms with Gasteiger partial charge in [0.05, 0.1) is 6.54 Å². The fraction of sp³-hybridized carbons (Fsp3) is 0.316. The third-order valence-electron chi connectivity index (χ3n) is 4.53. The van der Waals surface area contributed by atoms with E-state index in [0.29, 0.717) is 11.3 Å². The van der Waals surface area contributed by atoms with Crippen LogP contribution in [0, 0.1) is 19.7 Å². The van der Waals surface area contributed by atoms with Crippen LogP contribution in [0.25, 0.3) is 0 Å². The van der Waals surface area contributed by atoms with Crippen molar-refractivity contribution in [3.63, 3.8) is 0 Å². The third-order valence-corrected chi connectivity index (χ3v) is 4.88. The first-order valence-corrected chi connectivity index (χ1v) is 9.26. The molecule has 30 heavy (non-hydrogen) atoms. The highest BCUT2D eigenvalue weighted by Gasteiger charge is 2.35. The second-order valence-corrected chi connectivity index (χ2v) is 7.25. The highest BCUT2D eigenvalue weighted by Crippen LogP contribution is 2.29. The van der Waals surface area contributed by atoms with Gasteiger partial charge in [-0.3, -0.25) is 14.2 Å². The first-order valence-electron chi connectivity index (χ1n) is 8.88. The van der Waals surface area contributed by atoms with Crippen LogP contribution < -0.4 is 5.32 Å². The number of rotatable bonds is 5. The molecule has 1 aromatic carbocycles. The van der Waals surface area contributed by atoms with E-state index in [-0.39, 0.29) is 23.1 Å². The molecule has 0 fully saturated rings. The molecule has 2 aromatic heterocycles. The quantitative estimate of drug-likeness (QED) is 0.578. The van der Waals surface area contributed by atoms with E-state index in [1.165, 1.54) is 32.0 Å². The first kappa shape index (κ1) is 21.8. The number of benzene rings is 1. The molecule has 1 amide bonds. The number of anilines is 1. The number of aromatic nitrogens is 4. The summed E-state index contributed by atoms with van der Waals surface area (Å²) in [7, 11) is 0. The highest BCUT2D eigenvalue weighted by atomic mass is 35.5. The van der Waals surface area contributed by atoms with Gasteiger partial charge in [0, 0.05) is 22.5 Å². The molecular formula is C19H18ClF4N5O. The average molecular weight is 444 g/mol. The molecule has 1 N–H and O–H groups in total. The van der Waals surface area contributed by atoms with Gasteiger partial charge in [-0.2, -0.15) is 23.4 Å². The van der Waals surface area contributed by atoms with Gasteiger partial charge >= 0.3 is 6.18 Å². The summed E-state index contributed by atoms with van der Waals surface area (Å²) in [6.45, 7) is 4.90. The Morgan fingerprint density at radius 1 is 1.17 bits per heavy atom. The lowest BCUT2D eigenvalue weighted by atomic mass is 10.2. The normalized spacial score (nSPS) is 12.8. The fourth-order valence-corrected chi connectivity index (χ4v) is 3.13. The van der Waals surface area contributed by atoms with Crippen molar-refractivity contribution in [3.05, 3.63) is 63.8 Å². The Labute approximate surface area is 174 Å². The molecular weight excluding hydrogens is 426 g/mol. The van der Waals surface area contributed by atoms with E-state index in [2.05, 4.69) is 15.5 Å². The summed E-state index contributed by atoms with van der Waals surface area (Å²) < 4.78 is 54.3. The Balaban J connectivity index is 1.74. The number of carbonyl (C=O) groups is 1. The molecule has 0 aliphatic heterocycles. The van der Waals surface area contributed by atoms with Gasteiger partial charge < -0.3 is 5.32 Å². The average Bonchev–Trinajstić information content (AvgIpc) is 3.19. The van der Waals surface area contributed by atoms with E-state index < -0.39 is 29.6 Å². The van der Waals surface area contributed by atoms with Gasteiger partial charge in [-0.05, 0) is 44.5 Å². The van der Waals surface area contributed by atoms with Gasteiger partial charge in [-0.1, -0.05) is 17.7 Å². The maximum absolute atomic E-state index is 13.2. The van der Waals surface area contributed by atoms with Crippen LogP contribution in [-0.4, -0.2) is 25.5 Å². The van der Waals surface area contributed by atoms with Crippen LogP contribution >= 0.6 is 11.6 Å². The predicted octanol–water partition coefficient (Wildman–Crippen LogP) is 4.76. The van der Waals surface area contributed by atoms with Crippen LogP contribution in [0.2, 0.25) is 5.02 Å². The lowest BCUT2D eigenvalue weighted by molar-refractivity contribution is -0.141. The molecule has 0 saturated heterocycles. The van der Waals surface area contributed by atoms with Gasteiger partial charge in [0.25, 0.3) is 0 Å². The van der Waals surface area contributed by atoms with E-state index in [4.69, 9.17) is 11.6 Å². The minimum Gasteiger partial charge on any atom is -0.307 e. The number of hydrogen-bond acceptors (Lipinski definition) is 3. The molecule has 3 rings (SSSR count). The predicted molar refractivity (Wildman–Crippen MR) is 103 cm³/mol. The monoisotopic (exact) mass is 443 g/mol. The molecule has 0 saturated carbocycles.